The van der Waals surface area contributed by atoms with Gasteiger partial charge < -0.3 is 19.6 Å². The molecule has 0 bridgehead atoms. The monoisotopic (exact) mass is 363 g/mol. The molecule has 2 atom stereocenters. The number of anilines is 1. The highest BCUT2D eigenvalue weighted by atomic mass is 16.6. The number of likely N-dealkylation sites (tertiary alicyclic amines) is 1. The van der Waals surface area contributed by atoms with Gasteiger partial charge in [-0.25, -0.2) is 0 Å². The van der Waals surface area contributed by atoms with Gasteiger partial charge in [-0.1, -0.05) is 12.1 Å². The van der Waals surface area contributed by atoms with Gasteiger partial charge in [0.25, 0.3) is 5.69 Å². The maximum absolute atomic E-state index is 12.7. The van der Waals surface area contributed by atoms with Crippen molar-refractivity contribution in [1.29, 1.82) is 0 Å². The van der Waals surface area contributed by atoms with Crippen LogP contribution in [-0.2, 0) is 14.3 Å². The molecule has 0 saturated carbocycles. The topological polar surface area (TPSA) is 113 Å². The first-order valence-electron chi connectivity index (χ1n) is 8.38. The number of ether oxygens (including phenoxy) is 1. The van der Waals surface area contributed by atoms with Crippen molar-refractivity contribution in [3.05, 3.63) is 34.4 Å². The van der Waals surface area contributed by atoms with Crippen LogP contribution in [0.15, 0.2) is 24.3 Å². The summed E-state index contributed by atoms with van der Waals surface area (Å²) in [5, 5.41) is 20.8. The first-order chi connectivity index (χ1) is 12.3. The molecule has 0 aliphatic carbocycles. The molecule has 0 spiro atoms. The SMILES string of the molecule is CN(CC(=O)N1C[C@H]2COCC[C@@]2(C(=O)O)C1)c1ccccc1[N+](=O)[O-]. The molecule has 2 aliphatic heterocycles. The second kappa shape index (κ2) is 6.91. The molecule has 1 aromatic rings. The number of benzene rings is 1. The molecule has 0 radical (unpaired) electrons. The summed E-state index contributed by atoms with van der Waals surface area (Å²) in [6.45, 7) is 1.13. The van der Waals surface area contributed by atoms with Crippen molar-refractivity contribution in [2.75, 3.05) is 44.8 Å². The Morgan fingerprint density at radius 3 is 2.85 bits per heavy atom. The standard InChI is InChI=1S/C17H21N3O6/c1-18(13-4-2-3-5-14(13)20(24)25)9-15(21)19-8-12-10-26-7-6-17(12,11-19)16(22)23/h2-5,12H,6-11H2,1H3,(H,22,23)/t12-,17+/m0/s1. The predicted molar refractivity (Wildman–Crippen MR) is 91.9 cm³/mol. The number of carboxylic acids is 1. The van der Waals surface area contributed by atoms with Crippen LogP contribution in [0.5, 0.6) is 0 Å². The Kier molecular flexibility index (Phi) is 4.82. The molecule has 1 N–H and O–H groups in total. The van der Waals surface area contributed by atoms with Crippen LogP contribution < -0.4 is 4.90 Å². The van der Waals surface area contributed by atoms with Gasteiger partial charge in [0, 0.05) is 38.7 Å². The fourth-order valence-corrected chi connectivity index (χ4v) is 3.82. The van der Waals surface area contributed by atoms with Gasteiger partial charge in [0.15, 0.2) is 0 Å². The van der Waals surface area contributed by atoms with E-state index in [1.54, 1.807) is 30.1 Å². The number of carboxylic acid groups (broad SMARTS) is 1. The number of nitro groups is 1. The molecular formula is C17H21N3O6. The van der Waals surface area contributed by atoms with Gasteiger partial charge in [-0.3, -0.25) is 19.7 Å². The summed E-state index contributed by atoms with van der Waals surface area (Å²) in [6.07, 6.45) is 0.386. The van der Waals surface area contributed by atoms with E-state index in [2.05, 4.69) is 0 Å². The van der Waals surface area contributed by atoms with E-state index in [0.29, 0.717) is 31.9 Å². The summed E-state index contributed by atoms with van der Waals surface area (Å²) in [5.74, 6) is -1.37. The number of carbonyl (C=O) groups is 2. The third-order valence-electron chi connectivity index (χ3n) is 5.35. The largest absolute Gasteiger partial charge is 0.481 e. The van der Waals surface area contributed by atoms with E-state index in [0.717, 1.165) is 0 Å². The molecule has 26 heavy (non-hydrogen) atoms. The lowest BCUT2D eigenvalue weighted by Crippen LogP contribution is -2.45. The Bertz CT molecular complexity index is 739. The zero-order valence-electron chi connectivity index (χ0n) is 14.5. The molecule has 9 heteroatoms. The number of nitrogens with zero attached hydrogens (tertiary/aromatic N) is 3. The Balaban J connectivity index is 1.73. The van der Waals surface area contributed by atoms with Crippen LogP contribution in [0, 0.1) is 21.4 Å². The van der Waals surface area contributed by atoms with E-state index >= 15 is 0 Å². The summed E-state index contributed by atoms with van der Waals surface area (Å²) in [7, 11) is 1.61. The van der Waals surface area contributed by atoms with E-state index in [1.807, 2.05) is 0 Å². The highest BCUT2D eigenvalue weighted by Crippen LogP contribution is 2.42. The van der Waals surface area contributed by atoms with Gasteiger partial charge in [-0.05, 0) is 12.5 Å². The van der Waals surface area contributed by atoms with Gasteiger partial charge in [0.2, 0.25) is 5.91 Å². The molecule has 2 fully saturated rings. The summed E-state index contributed by atoms with van der Waals surface area (Å²) >= 11 is 0. The van der Waals surface area contributed by atoms with E-state index in [1.165, 1.54) is 11.0 Å². The Labute approximate surface area is 150 Å². The third-order valence-corrected chi connectivity index (χ3v) is 5.35. The number of rotatable bonds is 5. The van der Waals surface area contributed by atoms with Crippen LogP contribution >= 0.6 is 0 Å². The summed E-state index contributed by atoms with van der Waals surface area (Å²) in [6, 6.07) is 6.21. The zero-order valence-corrected chi connectivity index (χ0v) is 14.5. The fraction of sp³-hybridized carbons (Fsp3) is 0.529. The summed E-state index contributed by atoms with van der Waals surface area (Å²) in [4.78, 5) is 38.2. The van der Waals surface area contributed by atoms with Gasteiger partial charge in [-0.15, -0.1) is 0 Å². The van der Waals surface area contributed by atoms with Gasteiger partial charge in [0.05, 0.1) is 23.5 Å². The average Bonchev–Trinajstić information content (AvgIpc) is 3.03. The smallest absolute Gasteiger partial charge is 0.311 e. The fourth-order valence-electron chi connectivity index (χ4n) is 3.82. The molecule has 3 rings (SSSR count). The predicted octanol–water partition coefficient (Wildman–Crippen LogP) is 0.981. The van der Waals surface area contributed by atoms with Crippen molar-refractivity contribution in [2.45, 2.75) is 6.42 Å². The number of hydrogen-bond donors (Lipinski definition) is 1. The zero-order chi connectivity index (χ0) is 18.9. The van der Waals surface area contributed by atoms with Crippen molar-refractivity contribution in [1.82, 2.24) is 4.90 Å². The minimum atomic E-state index is -0.953. The molecule has 2 heterocycles. The number of amides is 1. The van der Waals surface area contributed by atoms with Crippen LogP contribution in [0.2, 0.25) is 0 Å². The van der Waals surface area contributed by atoms with Crippen LogP contribution in [0.4, 0.5) is 11.4 Å². The summed E-state index contributed by atoms with van der Waals surface area (Å²) < 4.78 is 5.39. The molecule has 1 aromatic carbocycles. The van der Waals surface area contributed by atoms with Gasteiger partial charge in [0.1, 0.15) is 5.69 Å². The number of hydrogen-bond acceptors (Lipinski definition) is 6. The maximum Gasteiger partial charge on any atom is 0.311 e. The van der Waals surface area contributed by atoms with Crippen LogP contribution in [0.1, 0.15) is 6.42 Å². The maximum atomic E-state index is 12.7. The highest BCUT2D eigenvalue weighted by molar-refractivity contribution is 5.85. The molecule has 140 valence electrons. The number of aliphatic carboxylic acids is 1. The third kappa shape index (κ3) is 3.10. The Hall–Kier alpha value is -2.68. The minimum Gasteiger partial charge on any atom is -0.481 e. The molecule has 2 aliphatic rings. The lowest BCUT2D eigenvalue weighted by molar-refractivity contribution is -0.384. The van der Waals surface area contributed by atoms with Crippen molar-refractivity contribution < 1.29 is 24.4 Å². The van der Waals surface area contributed by atoms with Gasteiger partial charge >= 0.3 is 5.97 Å². The number of carbonyl (C=O) groups excluding carboxylic acids is 1. The van der Waals surface area contributed by atoms with Crippen molar-refractivity contribution in [2.24, 2.45) is 11.3 Å². The number of nitro benzene ring substituents is 1. The lowest BCUT2D eigenvalue weighted by Gasteiger charge is -2.33. The molecule has 1 amide bonds. The highest BCUT2D eigenvalue weighted by Gasteiger charge is 2.54. The van der Waals surface area contributed by atoms with E-state index in [-0.39, 0.29) is 30.6 Å². The van der Waals surface area contributed by atoms with Gasteiger partial charge in [-0.2, -0.15) is 0 Å². The minimum absolute atomic E-state index is 0.0614. The van der Waals surface area contributed by atoms with Crippen LogP contribution in [0.3, 0.4) is 0 Å². The first kappa shape index (κ1) is 18.1. The first-order valence-corrected chi connectivity index (χ1v) is 8.38. The number of para-hydroxylation sites is 2. The van der Waals surface area contributed by atoms with Crippen molar-refractivity contribution in [3.63, 3.8) is 0 Å². The molecular weight excluding hydrogens is 342 g/mol. The number of fused-ring (bicyclic) bond motifs is 1. The molecule has 0 aromatic heterocycles. The molecule has 9 nitrogen and oxygen atoms in total. The summed E-state index contributed by atoms with van der Waals surface area (Å²) in [5.41, 5.74) is -0.683. The van der Waals surface area contributed by atoms with E-state index in [4.69, 9.17) is 4.74 Å². The normalized spacial score (nSPS) is 24.8. The Morgan fingerprint density at radius 2 is 2.19 bits per heavy atom. The van der Waals surface area contributed by atoms with Crippen molar-refractivity contribution in [3.8, 4) is 0 Å². The Morgan fingerprint density at radius 1 is 1.46 bits per heavy atom. The average molecular weight is 363 g/mol. The quantitative estimate of drug-likeness (QED) is 0.613. The molecule has 2 saturated heterocycles. The van der Waals surface area contributed by atoms with Crippen molar-refractivity contribution >= 4 is 23.3 Å². The second-order valence-electron chi connectivity index (χ2n) is 6.86. The van der Waals surface area contributed by atoms with Crippen LogP contribution in [-0.4, -0.2) is 66.7 Å². The van der Waals surface area contributed by atoms with Crippen LogP contribution in [0.25, 0.3) is 0 Å². The second-order valence-corrected chi connectivity index (χ2v) is 6.86. The lowest BCUT2D eigenvalue weighted by atomic mass is 9.74. The van der Waals surface area contributed by atoms with E-state index in [9.17, 15) is 24.8 Å². The molecule has 0 unspecified atom stereocenters. The number of likely N-dealkylation sites (N-methyl/N-ethyl adjacent to an activating group) is 1. The van der Waals surface area contributed by atoms with E-state index < -0.39 is 16.3 Å².